The average molecular weight is 212 g/mol. The molecule has 15 heavy (non-hydrogen) atoms. The standard InChI is InChI=1S/C10H20N4O/c1-4-5-14-10(11-8-12-14)7-13(3)6-9(2)15/h8-9,15H,4-7H2,1-3H3. The van der Waals surface area contributed by atoms with Gasteiger partial charge in [-0.15, -0.1) is 0 Å². The molecule has 0 aliphatic heterocycles. The van der Waals surface area contributed by atoms with Gasteiger partial charge in [0, 0.05) is 13.1 Å². The van der Waals surface area contributed by atoms with Crippen LogP contribution in [0.3, 0.4) is 0 Å². The SMILES string of the molecule is CCCn1ncnc1CN(C)CC(C)O. The van der Waals surface area contributed by atoms with Crippen molar-refractivity contribution in [3.05, 3.63) is 12.2 Å². The first-order valence-electron chi connectivity index (χ1n) is 5.36. The number of aliphatic hydroxyl groups excluding tert-OH is 1. The second kappa shape index (κ2) is 5.82. The molecule has 1 aromatic rings. The number of hydrogen-bond acceptors (Lipinski definition) is 4. The molecular formula is C10H20N4O. The van der Waals surface area contributed by atoms with Crippen LogP contribution in [-0.4, -0.2) is 44.5 Å². The van der Waals surface area contributed by atoms with E-state index in [4.69, 9.17) is 0 Å². The highest BCUT2D eigenvalue weighted by molar-refractivity contribution is 4.84. The number of hydrogen-bond donors (Lipinski definition) is 1. The van der Waals surface area contributed by atoms with Crippen molar-refractivity contribution in [3.8, 4) is 0 Å². The third-order valence-corrected chi connectivity index (χ3v) is 2.12. The molecule has 0 aliphatic carbocycles. The molecule has 0 spiro atoms. The van der Waals surface area contributed by atoms with Gasteiger partial charge in [0.2, 0.25) is 0 Å². The van der Waals surface area contributed by atoms with Crippen LogP contribution in [-0.2, 0) is 13.1 Å². The molecule has 1 aromatic heterocycles. The van der Waals surface area contributed by atoms with E-state index in [1.807, 2.05) is 16.6 Å². The summed E-state index contributed by atoms with van der Waals surface area (Å²) in [6, 6.07) is 0. The van der Waals surface area contributed by atoms with Crippen molar-refractivity contribution >= 4 is 0 Å². The predicted molar refractivity (Wildman–Crippen MR) is 58.3 cm³/mol. The van der Waals surface area contributed by atoms with E-state index in [1.165, 1.54) is 0 Å². The van der Waals surface area contributed by atoms with E-state index < -0.39 is 0 Å². The Hall–Kier alpha value is -0.940. The molecule has 1 N–H and O–H groups in total. The summed E-state index contributed by atoms with van der Waals surface area (Å²) in [5, 5.41) is 13.4. The molecule has 1 atom stereocenters. The number of rotatable bonds is 6. The van der Waals surface area contributed by atoms with E-state index in [0.717, 1.165) is 25.3 Å². The zero-order valence-electron chi connectivity index (χ0n) is 9.72. The average Bonchev–Trinajstić information content (AvgIpc) is 2.52. The van der Waals surface area contributed by atoms with Gasteiger partial charge in [-0.1, -0.05) is 6.92 Å². The largest absolute Gasteiger partial charge is 0.392 e. The lowest BCUT2D eigenvalue weighted by Gasteiger charge is -2.17. The summed E-state index contributed by atoms with van der Waals surface area (Å²) < 4.78 is 1.92. The Balaban J connectivity index is 2.51. The van der Waals surface area contributed by atoms with Crippen LogP contribution in [0.4, 0.5) is 0 Å². The van der Waals surface area contributed by atoms with Gasteiger partial charge in [-0.3, -0.25) is 4.90 Å². The molecule has 5 nitrogen and oxygen atoms in total. The summed E-state index contributed by atoms with van der Waals surface area (Å²) in [5.41, 5.74) is 0. The van der Waals surface area contributed by atoms with Crippen molar-refractivity contribution in [1.82, 2.24) is 19.7 Å². The first-order chi connectivity index (χ1) is 7.13. The number of aryl methyl sites for hydroxylation is 1. The van der Waals surface area contributed by atoms with Gasteiger partial charge >= 0.3 is 0 Å². The van der Waals surface area contributed by atoms with Gasteiger partial charge in [0.25, 0.3) is 0 Å². The number of likely N-dealkylation sites (N-methyl/N-ethyl adjacent to an activating group) is 1. The number of aromatic nitrogens is 3. The summed E-state index contributed by atoms with van der Waals surface area (Å²) in [7, 11) is 1.97. The van der Waals surface area contributed by atoms with Crippen molar-refractivity contribution in [2.24, 2.45) is 0 Å². The molecule has 1 rings (SSSR count). The smallest absolute Gasteiger partial charge is 0.140 e. The molecule has 86 valence electrons. The van der Waals surface area contributed by atoms with Crippen molar-refractivity contribution in [1.29, 1.82) is 0 Å². The van der Waals surface area contributed by atoms with Crippen LogP contribution in [0, 0.1) is 0 Å². The molecule has 5 heteroatoms. The quantitative estimate of drug-likeness (QED) is 0.746. The van der Waals surface area contributed by atoms with Crippen molar-refractivity contribution < 1.29 is 5.11 Å². The summed E-state index contributed by atoms with van der Waals surface area (Å²) >= 11 is 0. The molecule has 0 radical (unpaired) electrons. The van der Waals surface area contributed by atoms with Crippen LogP contribution in [0.2, 0.25) is 0 Å². The van der Waals surface area contributed by atoms with Gasteiger partial charge in [0.15, 0.2) is 0 Å². The minimum Gasteiger partial charge on any atom is -0.392 e. The van der Waals surface area contributed by atoms with Gasteiger partial charge in [0.1, 0.15) is 12.2 Å². The monoisotopic (exact) mass is 212 g/mol. The van der Waals surface area contributed by atoms with Crippen molar-refractivity contribution in [2.75, 3.05) is 13.6 Å². The van der Waals surface area contributed by atoms with Gasteiger partial charge in [-0.25, -0.2) is 9.67 Å². The second-order valence-electron chi connectivity index (χ2n) is 3.95. The summed E-state index contributed by atoms with van der Waals surface area (Å²) in [6.07, 6.45) is 2.33. The first-order valence-corrected chi connectivity index (χ1v) is 5.36. The maximum Gasteiger partial charge on any atom is 0.140 e. The van der Waals surface area contributed by atoms with E-state index in [0.29, 0.717) is 6.54 Å². The molecule has 1 heterocycles. The highest BCUT2D eigenvalue weighted by Crippen LogP contribution is 2.01. The maximum atomic E-state index is 9.24. The van der Waals surface area contributed by atoms with Crippen LogP contribution in [0.15, 0.2) is 6.33 Å². The number of aliphatic hydroxyl groups is 1. The molecule has 0 aliphatic rings. The van der Waals surface area contributed by atoms with Gasteiger partial charge in [-0.05, 0) is 20.4 Å². The fraction of sp³-hybridized carbons (Fsp3) is 0.800. The van der Waals surface area contributed by atoms with E-state index in [-0.39, 0.29) is 6.10 Å². The Kier molecular flexibility index (Phi) is 4.71. The third-order valence-electron chi connectivity index (χ3n) is 2.12. The lowest BCUT2D eigenvalue weighted by Crippen LogP contribution is -2.28. The predicted octanol–water partition coefficient (Wildman–Crippen LogP) is 0.501. The lowest BCUT2D eigenvalue weighted by molar-refractivity contribution is 0.136. The van der Waals surface area contributed by atoms with Gasteiger partial charge in [-0.2, -0.15) is 5.10 Å². The fourth-order valence-electron chi connectivity index (χ4n) is 1.57. The van der Waals surface area contributed by atoms with Crippen LogP contribution in [0.1, 0.15) is 26.1 Å². The summed E-state index contributed by atoms with van der Waals surface area (Å²) in [5.74, 6) is 0.958. The van der Waals surface area contributed by atoms with Crippen LogP contribution >= 0.6 is 0 Å². The highest BCUT2D eigenvalue weighted by atomic mass is 16.3. The summed E-state index contributed by atoms with van der Waals surface area (Å²) in [6.45, 7) is 6.18. The highest BCUT2D eigenvalue weighted by Gasteiger charge is 2.08. The van der Waals surface area contributed by atoms with Crippen LogP contribution in [0.25, 0.3) is 0 Å². The second-order valence-corrected chi connectivity index (χ2v) is 3.95. The molecular weight excluding hydrogens is 192 g/mol. The number of nitrogens with zero attached hydrogens (tertiary/aromatic N) is 4. The van der Waals surface area contributed by atoms with Crippen molar-refractivity contribution in [3.63, 3.8) is 0 Å². The minimum atomic E-state index is -0.308. The zero-order chi connectivity index (χ0) is 11.3. The third kappa shape index (κ3) is 3.97. The van der Waals surface area contributed by atoms with E-state index in [2.05, 4.69) is 17.0 Å². The fourth-order valence-corrected chi connectivity index (χ4v) is 1.57. The van der Waals surface area contributed by atoms with Crippen LogP contribution < -0.4 is 0 Å². The molecule has 0 aromatic carbocycles. The van der Waals surface area contributed by atoms with Gasteiger partial charge in [0.05, 0.1) is 12.6 Å². The van der Waals surface area contributed by atoms with Crippen LogP contribution in [0.5, 0.6) is 0 Å². The molecule has 0 bridgehead atoms. The molecule has 0 saturated carbocycles. The summed E-state index contributed by atoms with van der Waals surface area (Å²) in [4.78, 5) is 6.25. The Bertz CT molecular complexity index is 285. The topological polar surface area (TPSA) is 54.2 Å². The lowest BCUT2D eigenvalue weighted by atomic mass is 10.3. The normalized spacial score (nSPS) is 13.4. The van der Waals surface area contributed by atoms with E-state index in [1.54, 1.807) is 13.3 Å². The first kappa shape index (κ1) is 12.1. The van der Waals surface area contributed by atoms with Crippen molar-refractivity contribution in [2.45, 2.75) is 39.5 Å². The molecule has 0 amide bonds. The zero-order valence-corrected chi connectivity index (χ0v) is 9.72. The molecule has 0 saturated heterocycles. The maximum absolute atomic E-state index is 9.24. The Morgan fingerprint density at radius 1 is 1.60 bits per heavy atom. The Morgan fingerprint density at radius 3 is 2.93 bits per heavy atom. The minimum absolute atomic E-state index is 0.308. The Morgan fingerprint density at radius 2 is 2.33 bits per heavy atom. The van der Waals surface area contributed by atoms with E-state index >= 15 is 0 Å². The molecule has 0 fully saturated rings. The molecule has 1 unspecified atom stereocenters. The Labute approximate surface area is 90.7 Å². The van der Waals surface area contributed by atoms with Gasteiger partial charge < -0.3 is 5.11 Å². The van der Waals surface area contributed by atoms with E-state index in [9.17, 15) is 5.11 Å².